The average molecular weight is 171 g/mol. The van der Waals surface area contributed by atoms with E-state index in [0.717, 1.165) is 11.0 Å². The van der Waals surface area contributed by atoms with Crippen LogP contribution in [-0.2, 0) is 15.7 Å². The van der Waals surface area contributed by atoms with Gasteiger partial charge in [0.2, 0.25) is 0 Å². The van der Waals surface area contributed by atoms with Crippen molar-refractivity contribution >= 4 is 16.7 Å². The highest BCUT2D eigenvalue weighted by molar-refractivity contribution is 7.98. The fourth-order valence-electron chi connectivity index (χ4n) is 2.39. The van der Waals surface area contributed by atoms with Gasteiger partial charge in [-0.2, -0.15) is 0 Å². The number of rotatable bonds is 0. The molecule has 11 heavy (non-hydrogen) atoms. The van der Waals surface area contributed by atoms with Crippen LogP contribution < -0.4 is 0 Å². The molecule has 0 amide bonds. The van der Waals surface area contributed by atoms with Gasteiger partial charge in [0.05, 0.1) is 12.2 Å². The minimum Gasteiger partial charge on any atom is -0.294 e. The lowest BCUT2D eigenvalue weighted by Gasteiger charge is -2.19. The topological polar surface area (TPSA) is 17.1 Å². The van der Waals surface area contributed by atoms with E-state index in [1.165, 1.54) is 25.7 Å². The van der Waals surface area contributed by atoms with E-state index in [4.69, 9.17) is 0 Å². The van der Waals surface area contributed by atoms with Crippen LogP contribution in [0.2, 0.25) is 0 Å². The molecular weight excluding hydrogens is 156 g/mol. The smallest absolute Gasteiger partial charge is 0.189 e. The molecule has 3 unspecified atom stereocenters. The fraction of sp³-hybridized carbons (Fsp3) is 0.889. The molecule has 0 aromatic rings. The van der Waals surface area contributed by atoms with Gasteiger partial charge in [0, 0.05) is 0 Å². The van der Waals surface area contributed by atoms with Crippen LogP contribution in [0.3, 0.4) is 0 Å². The molecule has 0 bridgehead atoms. The molecule has 1 aliphatic heterocycles. The van der Waals surface area contributed by atoms with E-state index in [2.05, 4.69) is 6.26 Å². The van der Waals surface area contributed by atoms with E-state index in [-0.39, 0.29) is 0 Å². The molecule has 2 fully saturated rings. The molecule has 2 aliphatic rings. The van der Waals surface area contributed by atoms with Gasteiger partial charge < -0.3 is 0 Å². The lowest BCUT2D eigenvalue weighted by Crippen LogP contribution is -2.26. The maximum atomic E-state index is 11.4. The zero-order valence-corrected chi connectivity index (χ0v) is 7.82. The zero-order valence-electron chi connectivity index (χ0n) is 7.01. The van der Waals surface area contributed by atoms with Crippen LogP contribution in [0.15, 0.2) is 0 Å². The van der Waals surface area contributed by atoms with Gasteiger partial charge in [0.25, 0.3) is 0 Å². The molecule has 1 nitrogen and oxygen atoms in total. The second-order valence-corrected chi connectivity index (χ2v) is 6.01. The zero-order chi connectivity index (χ0) is 7.84. The summed E-state index contributed by atoms with van der Waals surface area (Å²) in [5.74, 6) is 1.95. The Morgan fingerprint density at radius 3 is 2.82 bits per heavy atom. The van der Waals surface area contributed by atoms with Crippen LogP contribution in [0, 0.1) is 5.92 Å². The van der Waals surface area contributed by atoms with Gasteiger partial charge in [-0.25, -0.2) is 0 Å². The molecule has 1 heterocycles. The van der Waals surface area contributed by atoms with E-state index < -0.39 is 0 Å². The Morgan fingerprint density at radius 1 is 1.36 bits per heavy atom. The molecule has 2 rings (SSSR count). The van der Waals surface area contributed by atoms with Crippen molar-refractivity contribution in [2.45, 2.75) is 30.9 Å². The summed E-state index contributed by atoms with van der Waals surface area (Å²) in [6.45, 7) is 0. The number of ketones is 1. The molecular formula is C9H15OS+. The fourth-order valence-corrected chi connectivity index (χ4v) is 4.68. The second kappa shape index (κ2) is 2.81. The normalized spacial score (nSPS) is 44.1. The molecule has 0 radical (unpaired) electrons. The van der Waals surface area contributed by atoms with Crippen molar-refractivity contribution < 1.29 is 4.79 Å². The minimum absolute atomic E-state index is 0.431. The molecule has 0 spiro atoms. The molecule has 2 heteroatoms. The van der Waals surface area contributed by atoms with Gasteiger partial charge in [-0.05, 0) is 30.2 Å². The van der Waals surface area contributed by atoms with Gasteiger partial charge >= 0.3 is 0 Å². The highest BCUT2D eigenvalue weighted by atomic mass is 32.2. The summed E-state index contributed by atoms with van der Waals surface area (Å²) in [5.41, 5.74) is 0. The van der Waals surface area contributed by atoms with Crippen molar-refractivity contribution in [2.75, 3.05) is 12.0 Å². The first-order valence-corrected chi connectivity index (χ1v) is 6.29. The number of carbonyl (C=O) groups excluding carboxylic acids is 1. The molecule has 0 N–H and O–H groups in total. The molecule has 1 aliphatic carbocycles. The van der Waals surface area contributed by atoms with Crippen LogP contribution in [0.1, 0.15) is 25.7 Å². The second-order valence-electron chi connectivity index (χ2n) is 3.73. The van der Waals surface area contributed by atoms with Gasteiger partial charge in [0.1, 0.15) is 5.25 Å². The predicted octanol–water partition coefficient (Wildman–Crippen LogP) is 1.38. The largest absolute Gasteiger partial charge is 0.294 e. The van der Waals surface area contributed by atoms with Gasteiger partial charge in [-0.3, -0.25) is 4.79 Å². The molecule has 1 saturated carbocycles. The van der Waals surface area contributed by atoms with Crippen molar-refractivity contribution in [3.8, 4) is 0 Å². The standard InChI is InChI=1S/C9H15OS/c1-11-6-8(10)7-4-2-3-5-9(7)11/h7,9H,2-6H2,1H3/q+1. The SMILES string of the molecule is C[S+]1CC(=O)C2CCCCC21. The highest BCUT2D eigenvalue weighted by Crippen LogP contribution is 2.35. The lowest BCUT2D eigenvalue weighted by atomic mass is 9.87. The van der Waals surface area contributed by atoms with E-state index in [9.17, 15) is 4.79 Å². The van der Waals surface area contributed by atoms with Gasteiger partial charge in [0.15, 0.2) is 11.5 Å². The van der Waals surface area contributed by atoms with Crippen LogP contribution >= 0.6 is 0 Å². The van der Waals surface area contributed by atoms with Crippen molar-refractivity contribution in [1.29, 1.82) is 0 Å². The Kier molecular flexibility index (Phi) is 1.96. The third kappa shape index (κ3) is 1.22. The van der Waals surface area contributed by atoms with E-state index >= 15 is 0 Å². The van der Waals surface area contributed by atoms with Gasteiger partial charge in [-0.1, -0.05) is 6.42 Å². The lowest BCUT2D eigenvalue weighted by molar-refractivity contribution is -0.120. The summed E-state index contributed by atoms with van der Waals surface area (Å²) in [4.78, 5) is 11.4. The molecule has 0 aromatic carbocycles. The van der Waals surface area contributed by atoms with E-state index in [0.29, 0.717) is 22.6 Å². The summed E-state index contributed by atoms with van der Waals surface area (Å²) in [6, 6.07) is 0. The first kappa shape index (κ1) is 7.66. The third-order valence-electron chi connectivity index (χ3n) is 3.00. The Morgan fingerprint density at radius 2 is 2.09 bits per heavy atom. The van der Waals surface area contributed by atoms with Crippen LogP contribution in [0.5, 0.6) is 0 Å². The number of hydrogen-bond donors (Lipinski definition) is 0. The summed E-state index contributed by atoms with van der Waals surface area (Å²) in [5, 5.41) is 0.788. The van der Waals surface area contributed by atoms with E-state index in [1.807, 2.05) is 0 Å². The summed E-state index contributed by atoms with van der Waals surface area (Å²) in [7, 11) is 0.431. The van der Waals surface area contributed by atoms with Crippen LogP contribution in [0.4, 0.5) is 0 Å². The minimum atomic E-state index is 0.431. The first-order chi connectivity index (χ1) is 5.29. The molecule has 0 aromatic heterocycles. The highest BCUT2D eigenvalue weighted by Gasteiger charge is 2.48. The number of Topliss-reactive ketones (excluding diaryl/α,β-unsaturated/α-hetero) is 1. The summed E-state index contributed by atoms with van der Waals surface area (Å²) >= 11 is 0. The van der Waals surface area contributed by atoms with Crippen molar-refractivity contribution in [3.05, 3.63) is 0 Å². The quantitative estimate of drug-likeness (QED) is 0.503. The first-order valence-electron chi connectivity index (χ1n) is 4.43. The summed E-state index contributed by atoms with van der Waals surface area (Å²) in [6.07, 6.45) is 7.46. The van der Waals surface area contributed by atoms with Crippen LogP contribution in [-0.4, -0.2) is 23.0 Å². The van der Waals surface area contributed by atoms with Crippen molar-refractivity contribution in [3.63, 3.8) is 0 Å². The van der Waals surface area contributed by atoms with Crippen molar-refractivity contribution in [2.24, 2.45) is 5.92 Å². The Hall–Kier alpha value is 0.0200. The monoisotopic (exact) mass is 171 g/mol. The van der Waals surface area contributed by atoms with Crippen LogP contribution in [0.25, 0.3) is 0 Å². The molecule has 1 saturated heterocycles. The maximum absolute atomic E-state index is 11.4. The van der Waals surface area contributed by atoms with Crippen molar-refractivity contribution in [1.82, 2.24) is 0 Å². The average Bonchev–Trinajstić information content (AvgIpc) is 2.30. The van der Waals surface area contributed by atoms with Gasteiger partial charge in [-0.15, -0.1) is 0 Å². The Bertz CT molecular complexity index is 178. The Balaban J connectivity index is 2.13. The number of hydrogen-bond acceptors (Lipinski definition) is 1. The number of fused-ring (bicyclic) bond motifs is 1. The molecule has 62 valence electrons. The Labute approximate surface area is 70.9 Å². The molecule has 3 atom stereocenters. The number of carbonyl (C=O) groups is 1. The third-order valence-corrected chi connectivity index (χ3v) is 5.34. The van der Waals surface area contributed by atoms with E-state index in [1.54, 1.807) is 0 Å². The summed E-state index contributed by atoms with van der Waals surface area (Å²) < 4.78 is 0. The maximum Gasteiger partial charge on any atom is 0.189 e. The predicted molar refractivity (Wildman–Crippen MR) is 48.9 cm³/mol.